The summed E-state index contributed by atoms with van der Waals surface area (Å²) in [6.07, 6.45) is 0.369. The minimum Gasteiger partial charge on any atom is -0.497 e. The predicted octanol–water partition coefficient (Wildman–Crippen LogP) is 4.45. The van der Waals surface area contributed by atoms with Crippen LogP contribution < -0.4 is 9.64 Å². The molecule has 4 aromatic rings. The summed E-state index contributed by atoms with van der Waals surface area (Å²) in [5, 5.41) is 1.03. The van der Waals surface area contributed by atoms with Gasteiger partial charge in [0.1, 0.15) is 17.8 Å². The highest BCUT2D eigenvalue weighted by atomic mass is 16.5. The molecule has 1 unspecified atom stereocenters. The van der Waals surface area contributed by atoms with Crippen molar-refractivity contribution in [3.05, 3.63) is 95.2 Å². The third-order valence-electron chi connectivity index (χ3n) is 7.03. The summed E-state index contributed by atoms with van der Waals surface area (Å²) >= 11 is 0. The number of H-pyrrole nitrogens is 1. The molecule has 0 bridgehead atoms. The van der Waals surface area contributed by atoms with E-state index in [2.05, 4.69) is 4.98 Å². The molecule has 1 saturated heterocycles. The van der Waals surface area contributed by atoms with Gasteiger partial charge in [-0.05, 0) is 41.5 Å². The Morgan fingerprint density at radius 3 is 2.42 bits per heavy atom. The Labute approximate surface area is 207 Å². The molecule has 6 rings (SSSR count). The Morgan fingerprint density at radius 2 is 1.67 bits per heavy atom. The van der Waals surface area contributed by atoms with Gasteiger partial charge in [-0.25, -0.2) is 14.5 Å². The molecule has 2 aliphatic heterocycles. The SMILES string of the molecule is COC(=O)c1ccccc1N1C(=O)[C@@H]2Cc3c([nH]c4ccccc34)C(c3ccc(OC)cc3)N2C1=O. The normalized spacial score (nSPS) is 18.8. The van der Waals surface area contributed by atoms with Crippen LogP contribution in [0.4, 0.5) is 10.5 Å². The number of para-hydroxylation sites is 2. The molecule has 3 amide bonds. The lowest BCUT2D eigenvalue weighted by molar-refractivity contribution is -0.120. The number of hydrogen-bond acceptors (Lipinski definition) is 5. The number of esters is 1. The van der Waals surface area contributed by atoms with Crippen LogP contribution in [0, 0.1) is 0 Å². The minimum atomic E-state index is -0.720. The zero-order chi connectivity index (χ0) is 25.0. The summed E-state index contributed by atoms with van der Waals surface area (Å²) in [6.45, 7) is 0. The van der Waals surface area contributed by atoms with E-state index in [0.29, 0.717) is 12.2 Å². The smallest absolute Gasteiger partial charge is 0.339 e. The van der Waals surface area contributed by atoms with Gasteiger partial charge in [-0.3, -0.25) is 9.69 Å². The predicted molar refractivity (Wildman–Crippen MR) is 133 cm³/mol. The van der Waals surface area contributed by atoms with Crippen LogP contribution in [0.25, 0.3) is 10.9 Å². The quantitative estimate of drug-likeness (QED) is 0.344. The second kappa shape index (κ2) is 8.27. The number of anilines is 1. The molecule has 180 valence electrons. The topological polar surface area (TPSA) is 91.9 Å². The zero-order valence-electron chi connectivity index (χ0n) is 19.7. The van der Waals surface area contributed by atoms with Crippen LogP contribution in [-0.4, -0.2) is 48.1 Å². The first-order valence-corrected chi connectivity index (χ1v) is 11.6. The first kappa shape index (κ1) is 21.9. The fraction of sp³-hybridized carbons (Fsp3) is 0.179. The lowest BCUT2D eigenvalue weighted by Crippen LogP contribution is -2.44. The molecule has 3 aromatic carbocycles. The average molecular weight is 482 g/mol. The fourth-order valence-corrected chi connectivity index (χ4v) is 5.38. The van der Waals surface area contributed by atoms with Gasteiger partial charge in [0.15, 0.2) is 0 Å². The molecule has 1 aromatic heterocycles. The molecular weight excluding hydrogens is 458 g/mol. The van der Waals surface area contributed by atoms with Gasteiger partial charge in [0.2, 0.25) is 0 Å². The van der Waals surface area contributed by atoms with Crippen molar-refractivity contribution in [1.29, 1.82) is 0 Å². The number of aromatic nitrogens is 1. The average Bonchev–Trinajstić information content (AvgIpc) is 3.41. The number of imide groups is 1. The Balaban J connectivity index is 1.53. The number of methoxy groups -OCH3 is 2. The molecule has 0 aliphatic carbocycles. The summed E-state index contributed by atoms with van der Waals surface area (Å²) in [4.78, 5) is 46.5. The van der Waals surface area contributed by atoms with Gasteiger partial charge < -0.3 is 14.5 Å². The summed E-state index contributed by atoms with van der Waals surface area (Å²) < 4.78 is 10.2. The van der Waals surface area contributed by atoms with Gasteiger partial charge in [-0.2, -0.15) is 0 Å². The van der Waals surface area contributed by atoms with Gasteiger partial charge in [-0.15, -0.1) is 0 Å². The highest BCUT2D eigenvalue weighted by molar-refractivity contribution is 6.23. The summed E-state index contributed by atoms with van der Waals surface area (Å²) in [5.74, 6) is -0.287. The third-order valence-corrected chi connectivity index (χ3v) is 7.03. The van der Waals surface area contributed by atoms with E-state index in [1.165, 1.54) is 7.11 Å². The van der Waals surface area contributed by atoms with Gasteiger partial charge in [-0.1, -0.05) is 42.5 Å². The molecule has 2 aliphatic rings. The third kappa shape index (κ3) is 3.11. The van der Waals surface area contributed by atoms with Gasteiger partial charge >= 0.3 is 12.0 Å². The van der Waals surface area contributed by atoms with Crippen LogP contribution in [-0.2, 0) is 16.0 Å². The van der Waals surface area contributed by atoms with Crippen molar-refractivity contribution in [2.75, 3.05) is 19.1 Å². The van der Waals surface area contributed by atoms with Crippen molar-refractivity contribution in [3.8, 4) is 5.75 Å². The number of amides is 3. The van der Waals surface area contributed by atoms with E-state index in [1.54, 1.807) is 36.3 Å². The Hall–Kier alpha value is -4.59. The van der Waals surface area contributed by atoms with Crippen LogP contribution in [0.3, 0.4) is 0 Å². The van der Waals surface area contributed by atoms with E-state index >= 15 is 0 Å². The van der Waals surface area contributed by atoms with E-state index in [0.717, 1.165) is 32.6 Å². The van der Waals surface area contributed by atoms with Gasteiger partial charge in [0.25, 0.3) is 5.91 Å². The number of fused-ring (bicyclic) bond motifs is 4. The number of aromatic amines is 1. The van der Waals surface area contributed by atoms with Crippen molar-refractivity contribution in [3.63, 3.8) is 0 Å². The monoisotopic (exact) mass is 481 g/mol. The number of nitrogens with zero attached hydrogens (tertiary/aromatic N) is 2. The number of nitrogens with one attached hydrogen (secondary N) is 1. The molecule has 2 atom stereocenters. The standard InChI is InChI=1S/C28H23N3O5/c1-35-17-13-11-16(12-14-17)25-24-20(18-7-3-5-9-21(18)29-24)15-23-26(32)31(28(34)30(23)25)22-10-6-4-8-19(22)27(33)36-2/h3-14,23,25,29H,15H2,1-2H3/t23-,25?/m0/s1. The maximum Gasteiger partial charge on any atom is 0.339 e. The molecular formula is C28H23N3O5. The Morgan fingerprint density at radius 1 is 0.944 bits per heavy atom. The van der Waals surface area contributed by atoms with Crippen molar-refractivity contribution in [1.82, 2.24) is 9.88 Å². The molecule has 0 radical (unpaired) electrons. The second-order valence-corrected chi connectivity index (χ2v) is 8.83. The van der Waals surface area contributed by atoms with Crippen LogP contribution in [0.5, 0.6) is 5.75 Å². The van der Waals surface area contributed by atoms with E-state index in [1.807, 2.05) is 48.5 Å². The number of carbonyl (C=O) groups excluding carboxylic acids is 3. The van der Waals surface area contributed by atoms with Crippen molar-refractivity contribution < 1.29 is 23.9 Å². The molecule has 8 nitrogen and oxygen atoms in total. The number of urea groups is 1. The molecule has 0 saturated carbocycles. The van der Waals surface area contributed by atoms with Crippen LogP contribution >= 0.6 is 0 Å². The summed E-state index contributed by atoms with van der Waals surface area (Å²) in [5.41, 5.74) is 4.06. The molecule has 1 N–H and O–H groups in total. The maximum absolute atomic E-state index is 14.0. The maximum atomic E-state index is 14.0. The summed E-state index contributed by atoms with van der Waals surface area (Å²) in [6, 6.07) is 20.2. The first-order chi connectivity index (χ1) is 17.5. The number of rotatable bonds is 4. The van der Waals surface area contributed by atoms with E-state index in [9.17, 15) is 14.4 Å². The Bertz CT molecular complexity index is 1520. The number of ether oxygens (including phenoxy) is 2. The molecule has 36 heavy (non-hydrogen) atoms. The van der Waals surface area contributed by atoms with Crippen molar-refractivity contribution in [2.24, 2.45) is 0 Å². The van der Waals surface area contributed by atoms with Crippen molar-refractivity contribution in [2.45, 2.75) is 18.5 Å². The van der Waals surface area contributed by atoms with Crippen LogP contribution in [0.1, 0.15) is 33.2 Å². The summed E-state index contributed by atoms with van der Waals surface area (Å²) in [7, 11) is 2.87. The van der Waals surface area contributed by atoms with Crippen LogP contribution in [0.2, 0.25) is 0 Å². The molecule has 8 heteroatoms. The van der Waals surface area contributed by atoms with Gasteiger partial charge in [0, 0.05) is 23.0 Å². The van der Waals surface area contributed by atoms with Crippen molar-refractivity contribution >= 4 is 34.5 Å². The molecule has 1 fully saturated rings. The first-order valence-electron chi connectivity index (χ1n) is 11.6. The number of carbonyl (C=O) groups is 3. The minimum absolute atomic E-state index is 0.159. The lowest BCUT2D eigenvalue weighted by atomic mass is 9.89. The van der Waals surface area contributed by atoms with E-state index in [-0.39, 0.29) is 17.2 Å². The largest absolute Gasteiger partial charge is 0.497 e. The Kier molecular flexibility index (Phi) is 5.03. The van der Waals surface area contributed by atoms with Crippen LogP contribution in [0.15, 0.2) is 72.8 Å². The fourth-order valence-electron chi connectivity index (χ4n) is 5.38. The molecule has 3 heterocycles. The molecule has 0 spiro atoms. The zero-order valence-corrected chi connectivity index (χ0v) is 19.7. The number of hydrogen-bond donors (Lipinski definition) is 1. The second-order valence-electron chi connectivity index (χ2n) is 8.83. The number of benzene rings is 3. The highest BCUT2D eigenvalue weighted by Crippen LogP contribution is 2.45. The lowest BCUT2D eigenvalue weighted by Gasteiger charge is -2.36. The van der Waals surface area contributed by atoms with E-state index in [4.69, 9.17) is 9.47 Å². The highest BCUT2D eigenvalue weighted by Gasteiger charge is 2.53. The van der Waals surface area contributed by atoms with E-state index < -0.39 is 24.1 Å². The van der Waals surface area contributed by atoms with Gasteiger partial charge in [0.05, 0.1) is 25.5 Å².